The number of hydrogen-bond acceptors (Lipinski definition) is 5. The molecule has 7 heteroatoms. The van der Waals surface area contributed by atoms with Gasteiger partial charge in [0.1, 0.15) is 11.5 Å². The average Bonchev–Trinajstić information content (AvgIpc) is 2.71. The second-order valence-corrected chi connectivity index (χ2v) is 8.21. The molecule has 3 aromatic rings. The molecule has 152 valence electrons. The van der Waals surface area contributed by atoms with Crippen LogP contribution >= 0.6 is 0 Å². The number of carbonyl (C=O) groups is 1. The molecule has 1 N–H and O–H groups in total. The number of ether oxygens (including phenoxy) is 2. The maximum Gasteiger partial charge on any atom is 0.349 e. The summed E-state index contributed by atoms with van der Waals surface area (Å²) in [5.74, 6) is 0.709. The van der Waals surface area contributed by atoms with Gasteiger partial charge in [-0.3, -0.25) is 4.55 Å². The first-order valence-electron chi connectivity index (χ1n) is 9.21. The van der Waals surface area contributed by atoms with Crippen LogP contribution in [0.2, 0.25) is 0 Å². The lowest BCUT2D eigenvalue weighted by Gasteiger charge is -2.11. The third kappa shape index (κ3) is 5.34. The monoisotopic (exact) mass is 414 g/mol. The zero-order valence-corrected chi connectivity index (χ0v) is 17.0. The largest absolute Gasteiger partial charge is 0.482 e. The first-order valence-corrected chi connectivity index (χ1v) is 10.6. The van der Waals surface area contributed by atoms with Gasteiger partial charge in [0, 0.05) is 0 Å². The van der Waals surface area contributed by atoms with Crippen LogP contribution in [0.1, 0.15) is 31.7 Å². The number of rotatable bonds is 7. The van der Waals surface area contributed by atoms with Crippen LogP contribution in [0, 0.1) is 0 Å². The maximum absolute atomic E-state index is 12.1. The molecule has 29 heavy (non-hydrogen) atoms. The molecule has 0 aromatic heterocycles. The van der Waals surface area contributed by atoms with Gasteiger partial charge in [-0.05, 0) is 65.1 Å². The Morgan fingerprint density at radius 1 is 0.966 bits per heavy atom. The van der Waals surface area contributed by atoms with Gasteiger partial charge in [0.05, 0.1) is 4.90 Å². The van der Waals surface area contributed by atoms with Crippen molar-refractivity contribution in [1.29, 1.82) is 0 Å². The van der Waals surface area contributed by atoms with Crippen molar-refractivity contribution in [1.82, 2.24) is 0 Å². The average molecular weight is 414 g/mol. The van der Waals surface area contributed by atoms with Gasteiger partial charge in [0.25, 0.3) is 10.1 Å². The lowest BCUT2D eigenvalue weighted by atomic mass is 9.99. The summed E-state index contributed by atoms with van der Waals surface area (Å²) in [4.78, 5) is 11.9. The van der Waals surface area contributed by atoms with Crippen molar-refractivity contribution in [3.63, 3.8) is 0 Å². The third-order valence-electron chi connectivity index (χ3n) is 4.73. The fourth-order valence-electron chi connectivity index (χ4n) is 2.86. The van der Waals surface area contributed by atoms with E-state index in [1.165, 1.54) is 23.8 Å². The van der Waals surface area contributed by atoms with Crippen LogP contribution in [0.3, 0.4) is 0 Å². The summed E-state index contributed by atoms with van der Waals surface area (Å²) >= 11 is 0. The van der Waals surface area contributed by atoms with E-state index in [0.29, 0.717) is 17.1 Å². The molecule has 0 aliphatic carbocycles. The minimum absolute atomic E-state index is 0.224. The van der Waals surface area contributed by atoms with Crippen molar-refractivity contribution < 1.29 is 27.2 Å². The van der Waals surface area contributed by atoms with Crippen LogP contribution in [0.5, 0.6) is 11.5 Å². The van der Waals surface area contributed by atoms with Crippen LogP contribution in [0.25, 0.3) is 10.8 Å². The normalized spacial score (nSPS) is 12.5. The number of hydrogen-bond donors (Lipinski definition) is 1. The molecule has 0 aliphatic heterocycles. The van der Waals surface area contributed by atoms with E-state index < -0.39 is 16.1 Å². The van der Waals surface area contributed by atoms with Crippen molar-refractivity contribution in [3.05, 3.63) is 66.2 Å². The lowest BCUT2D eigenvalue weighted by molar-refractivity contribution is -0.136. The Kier molecular flexibility index (Phi) is 6.20. The number of benzene rings is 3. The van der Waals surface area contributed by atoms with E-state index in [9.17, 15) is 17.8 Å². The van der Waals surface area contributed by atoms with E-state index in [2.05, 4.69) is 13.8 Å². The van der Waals surface area contributed by atoms with E-state index in [0.717, 1.165) is 11.8 Å². The van der Waals surface area contributed by atoms with Crippen molar-refractivity contribution in [2.75, 3.05) is 6.61 Å². The Morgan fingerprint density at radius 2 is 1.62 bits per heavy atom. The van der Waals surface area contributed by atoms with E-state index >= 15 is 0 Å². The van der Waals surface area contributed by atoms with E-state index in [1.807, 2.05) is 24.3 Å². The quantitative estimate of drug-likeness (QED) is 0.346. The highest BCUT2D eigenvalue weighted by atomic mass is 32.2. The summed E-state index contributed by atoms with van der Waals surface area (Å²) in [6.45, 7) is 4.02. The summed E-state index contributed by atoms with van der Waals surface area (Å²) in [7, 11) is -4.31. The summed E-state index contributed by atoms with van der Waals surface area (Å²) in [5, 5.41) is 1.27. The Hall–Kier alpha value is -2.90. The first kappa shape index (κ1) is 20.8. The molecule has 1 unspecified atom stereocenters. The summed E-state index contributed by atoms with van der Waals surface area (Å²) in [6, 6.07) is 16.6. The fraction of sp³-hybridized carbons (Fsp3) is 0.227. The predicted octanol–water partition coefficient (Wildman–Crippen LogP) is 4.58. The molecule has 0 saturated heterocycles. The molecule has 1 atom stereocenters. The zero-order valence-electron chi connectivity index (χ0n) is 16.2. The molecule has 3 aromatic carbocycles. The van der Waals surface area contributed by atoms with Crippen molar-refractivity contribution in [2.24, 2.45) is 0 Å². The highest BCUT2D eigenvalue weighted by molar-refractivity contribution is 7.85. The number of carbonyl (C=O) groups excluding carboxylic acids is 1. The highest BCUT2D eigenvalue weighted by Crippen LogP contribution is 2.24. The SMILES string of the molecule is CCC(C)c1ccc(OCC(=O)Oc2ccc3ccc(S(=O)(=O)O)cc3c2)cc1. The van der Waals surface area contributed by atoms with Crippen LogP contribution in [-0.4, -0.2) is 25.5 Å². The summed E-state index contributed by atoms with van der Waals surface area (Å²) in [5.41, 5.74) is 1.21. The zero-order chi connectivity index (χ0) is 21.0. The second-order valence-electron chi connectivity index (χ2n) is 6.79. The minimum atomic E-state index is -4.31. The molecule has 0 amide bonds. The maximum atomic E-state index is 12.1. The molecular formula is C22H22O6S. The number of esters is 1. The van der Waals surface area contributed by atoms with Crippen LogP contribution in [0.15, 0.2) is 65.6 Å². The van der Waals surface area contributed by atoms with Crippen molar-refractivity contribution >= 4 is 26.9 Å². The Labute approximate surface area is 169 Å². The Balaban J connectivity index is 1.65. The van der Waals surface area contributed by atoms with Crippen molar-refractivity contribution in [3.8, 4) is 11.5 Å². The van der Waals surface area contributed by atoms with Crippen LogP contribution < -0.4 is 9.47 Å². The predicted molar refractivity (Wildman–Crippen MR) is 110 cm³/mol. The lowest BCUT2D eigenvalue weighted by Crippen LogP contribution is -2.17. The van der Waals surface area contributed by atoms with E-state index in [-0.39, 0.29) is 17.3 Å². The Morgan fingerprint density at radius 3 is 2.28 bits per heavy atom. The minimum Gasteiger partial charge on any atom is -0.482 e. The molecule has 0 fully saturated rings. The second kappa shape index (κ2) is 8.63. The van der Waals surface area contributed by atoms with Crippen LogP contribution in [-0.2, 0) is 14.9 Å². The van der Waals surface area contributed by atoms with E-state index in [4.69, 9.17) is 9.47 Å². The molecular weight excluding hydrogens is 392 g/mol. The molecule has 6 nitrogen and oxygen atoms in total. The summed E-state index contributed by atoms with van der Waals surface area (Å²) < 4.78 is 42.5. The van der Waals surface area contributed by atoms with Gasteiger partial charge in [-0.25, -0.2) is 4.79 Å². The topological polar surface area (TPSA) is 89.9 Å². The Bertz CT molecular complexity index is 1120. The molecule has 0 bridgehead atoms. The van der Waals surface area contributed by atoms with Gasteiger partial charge in [0.15, 0.2) is 6.61 Å². The van der Waals surface area contributed by atoms with Gasteiger partial charge in [-0.15, -0.1) is 0 Å². The molecule has 3 rings (SSSR count). The summed E-state index contributed by atoms with van der Waals surface area (Å²) in [6.07, 6.45) is 1.05. The van der Waals surface area contributed by atoms with Crippen LogP contribution in [0.4, 0.5) is 0 Å². The van der Waals surface area contributed by atoms with Gasteiger partial charge >= 0.3 is 5.97 Å². The molecule has 0 aliphatic rings. The van der Waals surface area contributed by atoms with Gasteiger partial charge < -0.3 is 9.47 Å². The first-order chi connectivity index (χ1) is 13.8. The molecule has 0 spiro atoms. The van der Waals surface area contributed by atoms with Crippen molar-refractivity contribution in [2.45, 2.75) is 31.1 Å². The fourth-order valence-corrected chi connectivity index (χ4v) is 3.37. The van der Waals surface area contributed by atoms with Gasteiger partial charge in [-0.2, -0.15) is 8.42 Å². The highest BCUT2D eigenvalue weighted by Gasteiger charge is 2.12. The van der Waals surface area contributed by atoms with Gasteiger partial charge in [-0.1, -0.05) is 38.1 Å². The van der Waals surface area contributed by atoms with E-state index in [1.54, 1.807) is 18.2 Å². The smallest absolute Gasteiger partial charge is 0.349 e. The molecule has 0 radical (unpaired) electrons. The standard InChI is InChI=1S/C22H22O6S/c1-3-15(2)16-4-8-19(9-5-16)27-14-22(23)28-20-10-6-17-7-11-21(29(24,25)26)13-18(17)12-20/h4-13,15H,3,14H2,1-2H3,(H,24,25,26). The molecule has 0 heterocycles. The number of fused-ring (bicyclic) bond motifs is 1. The third-order valence-corrected chi connectivity index (χ3v) is 5.58. The molecule has 0 saturated carbocycles. The van der Waals surface area contributed by atoms with Gasteiger partial charge in [0.2, 0.25) is 0 Å².